The average Bonchev–Trinajstić information content (AvgIpc) is 1.73. The van der Waals surface area contributed by atoms with Gasteiger partial charge in [0, 0.05) is 147 Å². The van der Waals surface area contributed by atoms with Crippen molar-refractivity contribution in [1.29, 1.82) is 10.5 Å². The number of nitrogens with zero attached hydrogens (tertiary/aromatic N) is 17. The number of nitriles is 2. The number of fused-ring (bicyclic) bond motifs is 2. The summed E-state index contributed by atoms with van der Waals surface area (Å²) in [7, 11) is -2.29. The van der Waals surface area contributed by atoms with Gasteiger partial charge in [-0.3, -0.25) is 28.6 Å². The molecule has 12 rings (SSSR count). The van der Waals surface area contributed by atoms with E-state index in [9.17, 15) is 60.0 Å². The first kappa shape index (κ1) is 71.1. The summed E-state index contributed by atoms with van der Waals surface area (Å²) in [6.45, 7) is 18.2. The number of hydrogen-bond acceptors (Lipinski definition) is 16. The van der Waals surface area contributed by atoms with Crippen LogP contribution in [0.15, 0.2) is 86.5 Å². The van der Waals surface area contributed by atoms with Gasteiger partial charge in [-0.25, -0.2) is 38.7 Å². The molecule has 0 atom stereocenters. The molecule has 0 bridgehead atoms. The van der Waals surface area contributed by atoms with Gasteiger partial charge >= 0.3 is 12.4 Å². The van der Waals surface area contributed by atoms with Crippen LogP contribution in [0.5, 0.6) is 0 Å². The maximum atomic E-state index is 14.6. The van der Waals surface area contributed by atoms with Crippen molar-refractivity contribution in [3.05, 3.63) is 121 Å². The highest BCUT2D eigenvalue weighted by atomic mass is 28.3. The fraction of sp³-hybridized carbons (Fsp3) is 0.492. The van der Waals surface area contributed by atoms with Gasteiger partial charge in [0.1, 0.15) is 48.7 Å². The summed E-state index contributed by atoms with van der Waals surface area (Å²) in [4.78, 5) is 64.8. The number of piperidine rings is 2. The second-order valence-electron chi connectivity index (χ2n) is 27.3. The molecule has 11 heterocycles. The minimum atomic E-state index is -4.99. The number of hydrogen-bond donors (Lipinski definition) is 0. The lowest BCUT2D eigenvalue weighted by Gasteiger charge is -2.53. The van der Waals surface area contributed by atoms with E-state index < -0.39 is 80.0 Å². The smallest absolute Gasteiger partial charge is 0.361 e. The van der Waals surface area contributed by atoms with Crippen LogP contribution in [0.2, 0.25) is 51.4 Å². The Bertz CT molecular complexity index is 4210. The third kappa shape index (κ3) is 16.3. The van der Waals surface area contributed by atoms with Gasteiger partial charge < -0.3 is 28.4 Å². The number of pyridine rings is 2. The highest BCUT2D eigenvalue weighted by Crippen LogP contribution is 2.43. The molecule has 4 aliphatic rings. The van der Waals surface area contributed by atoms with Crippen LogP contribution in [0.3, 0.4) is 0 Å². The number of carbonyl (C=O) groups is 3. The van der Waals surface area contributed by atoms with Gasteiger partial charge in [0.25, 0.3) is 11.8 Å². The van der Waals surface area contributed by atoms with Gasteiger partial charge in [-0.1, -0.05) is 39.3 Å². The number of halogens is 8. The quantitative estimate of drug-likeness (QED) is 0.0414. The van der Waals surface area contributed by atoms with Gasteiger partial charge in [0.05, 0.1) is 65.4 Å². The van der Waals surface area contributed by atoms with Gasteiger partial charge in [0.15, 0.2) is 23.0 Å². The van der Waals surface area contributed by atoms with E-state index >= 15 is 0 Å². The third-order valence-corrected chi connectivity index (χ3v) is 21.4. The molecule has 8 aromatic rings. The monoisotopic (exact) mass is 1380 g/mol. The molecule has 8 aromatic heterocycles. The van der Waals surface area contributed by atoms with Crippen molar-refractivity contribution in [2.24, 2.45) is 0 Å². The molecule has 97 heavy (non-hydrogen) atoms. The molecule has 1 saturated carbocycles. The van der Waals surface area contributed by atoms with E-state index in [1.807, 2.05) is 61.6 Å². The van der Waals surface area contributed by atoms with E-state index in [-0.39, 0.29) is 62.8 Å². The van der Waals surface area contributed by atoms with E-state index in [4.69, 9.17) is 9.47 Å². The number of rotatable bonds is 19. The molecule has 32 heteroatoms. The molecule has 0 aromatic carbocycles. The fourth-order valence-electron chi connectivity index (χ4n) is 12.2. The summed E-state index contributed by atoms with van der Waals surface area (Å²) in [5, 5.41) is 30.0. The lowest BCUT2D eigenvalue weighted by molar-refractivity contribution is -0.144. The topological polar surface area (TPSA) is 250 Å². The summed E-state index contributed by atoms with van der Waals surface area (Å²) in [5.41, 5.74) is -0.410. The van der Waals surface area contributed by atoms with Crippen molar-refractivity contribution in [2.45, 2.75) is 152 Å². The molecule has 514 valence electrons. The normalized spacial score (nSPS) is 16.8. The minimum Gasteiger partial charge on any atom is -0.361 e. The molecule has 3 saturated heterocycles. The zero-order chi connectivity index (χ0) is 69.7. The Balaban J connectivity index is 0.000000176. The zero-order valence-corrected chi connectivity index (χ0v) is 56.7. The fourth-order valence-corrected chi connectivity index (χ4v) is 13.7. The molecule has 3 aliphatic heterocycles. The van der Waals surface area contributed by atoms with E-state index in [1.165, 1.54) is 16.1 Å². The highest BCUT2D eigenvalue weighted by Gasteiger charge is 2.49. The average molecular weight is 1380 g/mol. The van der Waals surface area contributed by atoms with Crippen LogP contribution in [0.1, 0.15) is 89.9 Å². The number of ether oxygens (including phenoxy) is 2. The van der Waals surface area contributed by atoms with Crippen molar-refractivity contribution in [3.63, 3.8) is 0 Å². The number of carbonyl (C=O) groups excluding carboxylic acids is 3. The third-order valence-electron chi connectivity index (χ3n) is 18.0. The number of aromatic nitrogens is 12. The molecule has 0 unspecified atom stereocenters. The van der Waals surface area contributed by atoms with Crippen molar-refractivity contribution in [3.8, 4) is 34.7 Å². The number of alkyl halides is 6. The van der Waals surface area contributed by atoms with E-state index in [2.05, 4.69) is 96.4 Å². The van der Waals surface area contributed by atoms with Gasteiger partial charge in [-0.05, 0) is 68.5 Å². The molecule has 1 aliphatic carbocycles. The largest absolute Gasteiger partial charge is 0.436 e. The van der Waals surface area contributed by atoms with Crippen molar-refractivity contribution in [2.75, 3.05) is 52.5 Å². The number of likely N-dealkylation sites (tertiary alicyclic amines) is 3. The highest BCUT2D eigenvalue weighted by molar-refractivity contribution is 6.76. The summed E-state index contributed by atoms with van der Waals surface area (Å²) in [6.07, 6.45) is 11.5. The van der Waals surface area contributed by atoms with Crippen LogP contribution in [0.25, 0.3) is 44.6 Å². The lowest BCUT2D eigenvalue weighted by Crippen LogP contribution is -2.66. The van der Waals surface area contributed by atoms with Crippen LogP contribution in [0.4, 0.5) is 35.1 Å². The van der Waals surface area contributed by atoms with Crippen LogP contribution < -0.4 is 0 Å². The van der Waals surface area contributed by atoms with Crippen LogP contribution in [-0.4, -0.2) is 166 Å². The maximum Gasteiger partial charge on any atom is 0.436 e. The Morgan fingerprint density at radius 3 is 1.46 bits per heavy atom. The standard InChI is InChI=1S/C32H37F4N9O2Si.C21H28N6OSi.C12H10F4N2O2/c1-48(2,3)15-14-47-21-43-13-7-25-27(39-20-40-29(25)43)22-16-41-45(17-22)31(8-9-37)18-44(19-31)23-5-11-42(12-6-23)30(46)24-4-10-38-28(26(24)33)32(34,35)36;1-29(2,3)12-11-28-16-26-10-5-18-19(23-15-24-20(18)26)17-13-25-27(14-17)21(8-9-22)6-4-7-21;13-9-8(1-4-17-10(9)12(14,15)16)11(20)18-5-2-7(19)3-6-18/h4,7,10,13,16-17,20,23H,5-6,8,11-12,14-15,18-19,21H2,1-3H3;5,10,13-15H,4,6-8,11-12,16H2,1-3H3;1,4H,2-3,5-6H2. The van der Waals surface area contributed by atoms with Gasteiger partial charge in [-0.2, -0.15) is 47.1 Å². The Morgan fingerprint density at radius 1 is 0.619 bits per heavy atom. The Morgan fingerprint density at radius 2 is 1.05 bits per heavy atom. The van der Waals surface area contributed by atoms with Crippen LogP contribution in [-0.2, 0) is 51.2 Å². The van der Waals surface area contributed by atoms with Crippen molar-refractivity contribution >= 4 is 55.8 Å². The number of ketones is 1. The summed E-state index contributed by atoms with van der Waals surface area (Å²) >= 11 is 0. The summed E-state index contributed by atoms with van der Waals surface area (Å²) in [5.74, 6) is -5.00. The van der Waals surface area contributed by atoms with Crippen LogP contribution in [0, 0.1) is 34.3 Å². The first-order valence-corrected chi connectivity index (χ1v) is 39.3. The molecular weight excluding hydrogens is 1310 g/mol. The predicted molar refractivity (Wildman–Crippen MR) is 345 cm³/mol. The second-order valence-corrected chi connectivity index (χ2v) is 38.5. The van der Waals surface area contributed by atoms with Gasteiger partial charge in [0.2, 0.25) is 0 Å². The summed E-state index contributed by atoms with van der Waals surface area (Å²) < 4.78 is 125. The zero-order valence-electron chi connectivity index (χ0n) is 54.7. The van der Waals surface area contributed by atoms with E-state index in [1.54, 1.807) is 12.5 Å². The molecule has 0 N–H and O–H groups in total. The SMILES string of the molecule is C[Si](C)(C)CCOCn1ccc2c(-c3cnn(C4(CC#N)CCC4)c3)ncnc21.C[Si](C)(C)CCOCn1ccc2c(-c3cnn(C4(CC#N)CN(C5CCN(C(=O)c6ccnc(C(F)(F)F)c6F)CC5)C4)c3)ncnc21.O=C1CCN(C(=O)c2ccnc(C(F)(F)F)c2F)CC1. The number of amides is 2. The predicted octanol–water partition coefficient (Wildman–Crippen LogP) is 11.8. The molecule has 0 radical (unpaired) electrons. The molecule has 4 fully saturated rings. The maximum absolute atomic E-state index is 14.6. The number of Topliss-reactive ketones (excluding diaryl/α,β-unsaturated/α-hetero) is 1. The molecular formula is C65H75F8N17O5Si2. The Labute approximate surface area is 556 Å². The molecule has 0 spiro atoms. The molecule has 22 nitrogen and oxygen atoms in total. The van der Waals surface area contributed by atoms with Gasteiger partial charge in [-0.15, -0.1) is 0 Å². The first-order chi connectivity index (χ1) is 46.0. The van der Waals surface area contributed by atoms with E-state index in [0.717, 1.165) is 107 Å². The Kier molecular flexibility index (Phi) is 21.4. The lowest BCUT2D eigenvalue weighted by atomic mass is 9.75. The minimum absolute atomic E-state index is 0.0276. The van der Waals surface area contributed by atoms with Crippen molar-refractivity contribution < 1.29 is 59.0 Å². The van der Waals surface area contributed by atoms with Crippen LogP contribution >= 0.6 is 0 Å². The first-order valence-electron chi connectivity index (χ1n) is 31.9. The van der Waals surface area contributed by atoms with E-state index in [0.29, 0.717) is 52.4 Å². The van der Waals surface area contributed by atoms with Crippen molar-refractivity contribution in [1.82, 2.24) is 73.3 Å². The second kappa shape index (κ2) is 29.2. The molecule has 2 amide bonds. The summed E-state index contributed by atoms with van der Waals surface area (Å²) in [6, 6.07) is 12.8. The Hall–Kier alpha value is -8.70.